The molecule has 0 aliphatic carbocycles. The molecular formula is C22H36N4O. The van der Waals surface area contributed by atoms with E-state index in [2.05, 4.69) is 47.5 Å². The van der Waals surface area contributed by atoms with Crippen molar-refractivity contribution >= 4 is 5.91 Å². The highest BCUT2D eigenvalue weighted by molar-refractivity contribution is 5.78. The van der Waals surface area contributed by atoms with Gasteiger partial charge in [0.1, 0.15) is 0 Å². The second kappa shape index (κ2) is 9.13. The fourth-order valence-electron chi connectivity index (χ4n) is 4.35. The predicted octanol–water partition coefficient (Wildman–Crippen LogP) is 3.67. The maximum absolute atomic E-state index is 12.7. The van der Waals surface area contributed by atoms with E-state index >= 15 is 0 Å². The smallest absolute Gasteiger partial charge is 0.236 e. The zero-order valence-corrected chi connectivity index (χ0v) is 17.5. The number of carbonyl (C=O) groups is 1. The Labute approximate surface area is 164 Å². The number of likely N-dealkylation sites (tertiary alicyclic amines) is 2. The topological polar surface area (TPSA) is 49.3 Å². The molecule has 27 heavy (non-hydrogen) atoms. The Bertz CT molecular complexity index is 597. The number of amides is 1. The summed E-state index contributed by atoms with van der Waals surface area (Å²) < 4.78 is 0. The largest absolute Gasteiger partial charge is 0.342 e. The van der Waals surface area contributed by atoms with Gasteiger partial charge >= 0.3 is 0 Å². The second-order valence-corrected chi connectivity index (χ2v) is 9.03. The van der Waals surface area contributed by atoms with Gasteiger partial charge in [-0.05, 0) is 56.5 Å². The molecule has 2 saturated heterocycles. The number of carbonyl (C=O) groups excluding carboxylic acids is 1. The van der Waals surface area contributed by atoms with Gasteiger partial charge < -0.3 is 4.90 Å². The van der Waals surface area contributed by atoms with Crippen molar-refractivity contribution in [3.63, 3.8) is 0 Å². The van der Waals surface area contributed by atoms with E-state index in [1.54, 1.807) is 0 Å². The van der Waals surface area contributed by atoms with Gasteiger partial charge in [0.2, 0.25) is 5.91 Å². The van der Waals surface area contributed by atoms with Gasteiger partial charge in [0.05, 0.1) is 17.9 Å². The Morgan fingerprint density at radius 3 is 2.19 bits per heavy atom. The summed E-state index contributed by atoms with van der Waals surface area (Å²) in [5.74, 6) is 2.74. The van der Waals surface area contributed by atoms with Gasteiger partial charge in [0.15, 0.2) is 0 Å². The summed E-state index contributed by atoms with van der Waals surface area (Å²) in [6.45, 7) is 13.3. The molecule has 3 heterocycles. The normalized spacial score (nSPS) is 20.6. The zero-order valence-electron chi connectivity index (χ0n) is 17.5. The number of hydrogen-bond acceptors (Lipinski definition) is 4. The summed E-state index contributed by atoms with van der Waals surface area (Å²) in [5.41, 5.74) is 2.17. The summed E-state index contributed by atoms with van der Waals surface area (Å²) in [6, 6.07) is 0. The predicted molar refractivity (Wildman–Crippen MR) is 109 cm³/mol. The van der Waals surface area contributed by atoms with Crippen LogP contribution in [-0.2, 0) is 4.79 Å². The van der Waals surface area contributed by atoms with Crippen LogP contribution in [0.1, 0.15) is 76.6 Å². The molecule has 0 aromatic carbocycles. The lowest BCUT2D eigenvalue weighted by Crippen LogP contribution is -2.46. The molecule has 2 fully saturated rings. The van der Waals surface area contributed by atoms with Gasteiger partial charge in [-0.25, -0.2) is 0 Å². The van der Waals surface area contributed by atoms with Crippen molar-refractivity contribution in [3.05, 3.63) is 23.8 Å². The maximum atomic E-state index is 12.7. The van der Waals surface area contributed by atoms with Crippen molar-refractivity contribution in [1.29, 1.82) is 0 Å². The molecule has 150 valence electrons. The van der Waals surface area contributed by atoms with Crippen molar-refractivity contribution in [2.24, 2.45) is 11.8 Å². The van der Waals surface area contributed by atoms with Gasteiger partial charge in [-0.15, -0.1) is 0 Å². The molecule has 0 atom stereocenters. The highest BCUT2D eigenvalue weighted by Crippen LogP contribution is 2.27. The summed E-state index contributed by atoms with van der Waals surface area (Å²) >= 11 is 0. The molecule has 2 aliphatic rings. The molecule has 1 aromatic heterocycles. The van der Waals surface area contributed by atoms with Gasteiger partial charge in [-0.3, -0.25) is 19.7 Å². The van der Waals surface area contributed by atoms with Crippen LogP contribution in [0.2, 0.25) is 0 Å². The van der Waals surface area contributed by atoms with Gasteiger partial charge in [-0.1, -0.05) is 27.7 Å². The van der Waals surface area contributed by atoms with Crippen LogP contribution in [0, 0.1) is 11.8 Å². The summed E-state index contributed by atoms with van der Waals surface area (Å²) in [5, 5.41) is 0. The number of piperidine rings is 2. The molecule has 1 amide bonds. The first kappa shape index (κ1) is 20.2. The molecule has 0 saturated carbocycles. The van der Waals surface area contributed by atoms with E-state index in [1.807, 2.05) is 12.4 Å². The molecule has 2 aliphatic heterocycles. The molecule has 5 nitrogen and oxygen atoms in total. The molecule has 0 spiro atoms. The van der Waals surface area contributed by atoms with Crippen molar-refractivity contribution in [2.45, 2.75) is 65.2 Å². The van der Waals surface area contributed by atoms with Crippen LogP contribution in [0.3, 0.4) is 0 Å². The summed E-state index contributed by atoms with van der Waals surface area (Å²) in [4.78, 5) is 26.3. The zero-order chi connectivity index (χ0) is 19.4. The molecule has 5 heteroatoms. The van der Waals surface area contributed by atoms with Crippen molar-refractivity contribution in [2.75, 3.05) is 32.7 Å². The van der Waals surface area contributed by atoms with Crippen LogP contribution in [0.25, 0.3) is 0 Å². The van der Waals surface area contributed by atoms with E-state index in [4.69, 9.17) is 0 Å². The van der Waals surface area contributed by atoms with E-state index in [-0.39, 0.29) is 0 Å². The fraction of sp³-hybridized carbons (Fsp3) is 0.773. The molecule has 0 unspecified atom stereocenters. The first-order chi connectivity index (χ1) is 12.9. The van der Waals surface area contributed by atoms with Crippen LogP contribution in [-0.4, -0.2) is 58.4 Å². The number of aromatic nitrogens is 2. The van der Waals surface area contributed by atoms with Gasteiger partial charge in [-0.2, -0.15) is 0 Å². The average molecular weight is 373 g/mol. The Hall–Kier alpha value is -1.49. The lowest BCUT2D eigenvalue weighted by molar-refractivity contribution is -0.134. The quantitative estimate of drug-likeness (QED) is 0.791. The number of hydrogen-bond donors (Lipinski definition) is 0. The minimum Gasteiger partial charge on any atom is -0.342 e. The highest BCUT2D eigenvalue weighted by atomic mass is 16.2. The maximum Gasteiger partial charge on any atom is 0.236 e. The van der Waals surface area contributed by atoms with E-state index in [1.165, 1.54) is 0 Å². The van der Waals surface area contributed by atoms with E-state index in [9.17, 15) is 4.79 Å². The molecule has 3 rings (SSSR count). The monoisotopic (exact) mass is 372 g/mol. The Balaban J connectivity index is 1.43. The van der Waals surface area contributed by atoms with Crippen LogP contribution in [0.4, 0.5) is 0 Å². The van der Waals surface area contributed by atoms with E-state index in [0.29, 0.717) is 24.3 Å². The lowest BCUT2D eigenvalue weighted by atomic mass is 9.87. The minimum atomic E-state index is 0.316. The number of rotatable bonds is 5. The van der Waals surface area contributed by atoms with Gasteiger partial charge in [0.25, 0.3) is 0 Å². The Kier molecular flexibility index (Phi) is 6.85. The first-order valence-electron chi connectivity index (χ1n) is 10.8. The molecule has 1 aromatic rings. The fourth-order valence-corrected chi connectivity index (χ4v) is 4.35. The average Bonchev–Trinajstić information content (AvgIpc) is 2.68. The first-order valence-corrected chi connectivity index (χ1v) is 10.8. The third-order valence-corrected chi connectivity index (χ3v) is 6.48. The molecular weight excluding hydrogens is 336 g/mol. The Morgan fingerprint density at radius 2 is 1.67 bits per heavy atom. The number of nitrogens with zero attached hydrogens (tertiary/aromatic N) is 4. The van der Waals surface area contributed by atoms with Crippen molar-refractivity contribution in [3.8, 4) is 0 Å². The van der Waals surface area contributed by atoms with Crippen LogP contribution >= 0.6 is 0 Å². The Morgan fingerprint density at radius 1 is 1.00 bits per heavy atom. The van der Waals surface area contributed by atoms with Crippen LogP contribution in [0.15, 0.2) is 12.4 Å². The third-order valence-electron chi connectivity index (χ3n) is 6.48. The SMILES string of the molecule is CC(C)c1cnc(C2CCN(CC(=O)N3CCC(C(C)C)CC3)CC2)cn1. The van der Waals surface area contributed by atoms with Crippen molar-refractivity contribution in [1.82, 2.24) is 19.8 Å². The summed E-state index contributed by atoms with van der Waals surface area (Å²) in [6.07, 6.45) is 8.35. The van der Waals surface area contributed by atoms with Crippen LogP contribution < -0.4 is 0 Å². The summed E-state index contributed by atoms with van der Waals surface area (Å²) in [7, 11) is 0. The standard InChI is InChI=1S/C22H36N4O/c1-16(2)18-7-11-26(12-8-18)22(27)15-25-9-5-19(6-10-25)21-14-23-20(13-24-21)17(3)4/h13-14,16-19H,5-12,15H2,1-4H3. The minimum absolute atomic E-state index is 0.316. The third kappa shape index (κ3) is 5.28. The van der Waals surface area contributed by atoms with Crippen molar-refractivity contribution < 1.29 is 4.79 Å². The van der Waals surface area contributed by atoms with E-state index < -0.39 is 0 Å². The molecule has 0 bridgehead atoms. The highest BCUT2D eigenvalue weighted by Gasteiger charge is 2.27. The second-order valence-electron chi connectivity index (χ2n) is 9.03. The molecule has 0 N–H and O–H groups in total. The van der Waals surface area contributed by atoms with Gasteiger partial charge in [0, 0.05) is 31.4 Å². The van der Waals surface area contributed by atoms with E-state index in [0.717, 1.165) is 75.1 Å². The lowest BCUT2D eigenvalue weighted by Gasteiger charge is -2.36. The molecule has 0 radical (unpaired) electrons. The van der Waals surface area contributed by atoms with Crippen LogP contribution in [0.5, 0.6) is 0 Å².